The molecule has 0 aromatic heterocycles. The quantitative estimate of drug-likeness (QED) is 0.554. The fourth-order valence-corrected chi connectivity index (χ4v) is 2.48. The Hall–Kier alpha value is -2.33. The van der Waals surface area contributed by atoms with Crippen molar-refractivity contribution in [3.63, 3.8) is 0 Å². The second-order valence-electron chi connectivity index (χ2n) is 5.87. The molecular weight excluding hydrogens is 338 g/mol. The minimum Gasteiger partial charge on any atom is -0.494 e. The lowest BCUT2D eigenvalue weighted by molar-refractivity contribution is -0.121. The molecule has 0 aliphatic carbocycles. The zero-order chi connectivity index (χ0) is 18.2. The van der Waals surface area contributed by atoms with Crippen LogP contribution in [0.5, 0.6) is 5.75 Å². The van der Waals surface area contributed by atoms with Crippen LogP contribution in [0.2, 0.25) is 5.02 Å². The van der Waals surface area contributed by atoms with Crippen LogP contribution in [0.1, 0.15) is 48.7 Å². The monoisotopic (exact) mass is 359 g/mol. The molecule has 0 fully saturated rings. The van der Waals surface area contributed by atoms with Crippen LogP contribution < -0.4 is 10.1 Å². The SMILES string of the molecule is CC(=O)c1ccc(OCCCC(=O)NC(C)c2ccc(Cl)cc2)cc1. The molecule has 4 nitrogen and oxygen atoms in total. The van der Waals surface area contributed by atoms with Gasteiger partial charge >= 0.3 is 0 Å². The van der Waals surface area contributed by atoms with E-state index in [1.165, 1.54) is 6.92 Å². The topological polar surface area (TPSA) is 55.4 Å². The Kier molecular flexibility index (Phi) is 7.02. The second-order valence-corrected chi connectivity index (χ2v) is 6.31. The summed E-state index contributed by atoms with van der Waals surface area (Å²) < 4.78 is 5.59. The highest BCUT2D eigenvalue weighted by molar-refractivity contribution is 6.30. The van der Waals surface area contributed by atoms with Crippen LogP contribution in [0, 0.1) is 0 Å². The number of ether oxygens (including phenoxy) is 1. The number of carbonyl (C=O) groups is 2. The standard InChI is InChI=1S/C20H22ClNO3/c1-14(16-5-9-18(21)10-6-16)22-20(24)4-3-13-25-19-11-7-17(8-12-19)15(2)23/h5-12,14H,3-4,13H2,1-2H3,(H,22,24). The summed E-state index contributed by atoms with van der Waals surface area (Å²) in [7, 11) is 0. The van der Waals surface area contributed by atoms with Crippen molar-refractivity contribution in [3.05, 3.63) is 64.7 Å². The first-order valence-corrected chi connectivity index (χ1v) is 8.62. The van der Waals surface area contributed by atoms with Crippen molar-refractivity contribution in [3.8, 4) is 5.75 Å². The average Bonchev–Trinajstić information content (AvgIpc) is 2.59. The van der Waals surface area contributed by atoms with Crippen molar-refractivity contribution in [1.29, 1.82) is 0 Å². The maximum atomic E-state index is 12.0. The van der Waals surface area contributed by atoms with Crippen molar-refractivity contribution in [2.24, 2.45) is 0 Å². The number of benzene rings is 2. The molecule has 0 saturated carbocycles. The molecular formula is C20H22ClNO3. The zero-order valence-electron chi connectivity index (χ0n) is 14.4. The molecule has 1 atom stereocenters. The van der Waals surface area contributed by atoms with Crippen molar-refractivity contribution < 1.29 is 14.3 Å². The van der Waals surface area contributed by atoms with Gasteiger partial charge in [0.1, 0.15) is 5.75 Å². The van der Waals surface area contributed by atoms with Crippen LogP contribution in [-0.4, -0.2) is 18.3 Å². The second kappa shape index (κ2) is 9.23. The Morgan fingerprint density at radius 1 is 1.08 bits per heavy atom. The van der Waals surface area contributed by atoms with Gasteiger partial charge in [0.15, 0.2) is 5.78 Å². The highest BCUT2D eigenvalue weighted by Crippen LogP contribution is 2.16. The van der Waals surface area contributed by atoms with Crippen LogP contribution >= 0.6 is 11.6 Å². The van der Waals surface area contributed by atoms with Crippen LogP contribution in [0.15, 0.2) is 48.5 Å². The number of amides is 1. The van der Waals surface area contributed by atoms with Gasteiger partial charge in [0.2, 0.25) is 5.91 Å². The van der Waals surface area contributed by atoms with Crippen LogP contribution in [-0.2, 0) is 4.79 Å². The van der Waals surface area contributed by atoms with Gasteiger partial charge in [0.25, 0.3) is 0 Å². The van der Waals surface area contributed by atoms with Crippen molar-refractivity contribution in [1.82, 2.24) is 5.32 Å². The van der Waals surface area contributed by atoms with Gasteiger partial charge in [-0.1, -0.05) is 23.7 Å². The first-order valence-electron chi connectivity index (χ1n) is 8.24. The molecule has 0 aliphatic rings. The molecule has 2 aromatic carbocycles. The molecule has 2 rings (SSSR count). The van der Waals surface area contributed by atoms with E-state index in [1.807, 2.05) is 31.2 Å². The van der Waals surface area contributed by atoms with Gasteiger partial charge < -0.3 is 10.1 Å². The van der Waals surface area contributed by atoms with Crippen molar-refractivity contribution >= 4 is 23.3 Å². The number of hydrogen-bond donors (Lipinski definition) is 1. The van der Waals surface area contributed by atoms with Crippen molar-refractivity contribution in [2.45, 2.75) is 32.7 Å². The van der Waals surface area contributed by atoms with Crippen LogP contribution in [0.3, 0.4) is 0 Å². The molecule has 1 unspecified atom stereocenters. The maximum Gasteiger partial charge on any atom is 0.220 e. The molecule has 0 radical (unpaired) electrons. The summed E-state index contributed by atoms with van der Waals surface area (Å²) in [5.74, 6) is 0.705. The summed E-state index contributed by atoms with van der Waals surface area (Å²) in [5, 5.41) is 3.64. The number of halogens is 1. The number of rotatable bonds is 8. The average molecular weight is 360 g/mol. The predicted molar refractivity (Wildman–Crippen MR) is 99.2 cm³/mol. The number of ketones is 1. The van der Waals surface area contributed by atoms with E-state index in [1.54, 1.807) is 24.3 Å². The van der Waals surface area contributed by atoms with E-state index in [-0.39, 0.29) is 17.7 Å². The van der Waals surface area contributed by atoms with E-state index in [4.69, 9.17) is 16.3 Å². The minimum absolute atomic E-state index is 0.0158. The van der Waals surface area contributed by atoms with E-state index in [9.17, 15) is 9.59 Å². The summed E-state index contributed by atoms with van der Waals surface area (Å²) in [6.45, 7) is 3.91. The number of carbonyl (C=O) groups excluding carboxylic acids is 2. The van der Waals surface area contributed by atoms with E-state index in [0.717, 1.165) is 5.56 Å². The minimum atomic E-state index is -0.0650. The van der Waals surface area contributed by atoms with E-state index < -0.39 is 0 Å². The van der Waals surface area contributed by atoms with Crippen molar-refractivity contribution in [2.75, 3.05) is 6.61 Å². The van der Waals surface area contributed by atoms with Crippen LogP contribution in [0.25, 0.3) is 0 Å². The van der Waals surface area contributed by atoms with E-state index in [2.05, 4.69) is 5.32 Å². The third-order valence-electron chi connectivity index (χ3n) is 3.83. The van der Waals surface area contributed by atoms with Gasteiger partial charge in [-0.3, -0.25) is 9.59 Å². The Bertz CT molecular complexity index is 711. The normalized spacial score (nSPS) is 11.6. The summed E-state index contributed by atoms with van der Waals surface area (Å²) in [6, 6.07) is 14.4. The summed E-state index contributed by atoms with van der Waals surface area (Å²) >= 11 is 5.86. The highest BCUT2D eigenvalue weighted by atomic mass is 35.5. The molecule has 1 amide bonds. The highest BCUT2D eigenvalue weighted by Gasteiger charge is 2.09. The molecule has 0 saturated heterocycles. The Morgan fingerprint density at radius 2 is 1.72 bits per heavy atom. The van der Waals surface area contributed by atoms with Gasteiger partial charge in [0, 0.05) is 17.0 Å². The lowest BCUT2D eigenvalue weighted by Crippen LogP contribution is -2.26. The van der Waals surface area contributed by atoms with Gasteiger partial charge in [-0.2, -0.15) is 0 Å². The smallest absolute Gasteiger partial charge is 0.220 e. The molecule has 0 spiro atoms. The van der Waals surface area contributed by atoms with Crippen LogP contribution in [0.4, 0.5) is 0 Å². The first kappa shape index (κ1) is 19.0. The molecule has 132 valence electrons. The molecule has 0 bridgehead atoms. The zero-order valence-corrected chi connectivity index (χ0v) is 15.2. The molecule has 25 heavy (non-hydrogen) atoms. The Labute approximate surface area is 153 Å². The fraction of sp³-hybridized carbons (Fsp3) is 0.300. The summed E-state index contributed by atoms with van der Waals surface area (Å²) in [6.07, 6.45) is 1.01. The number of hydrogen-bond acceptors (Lipinski definition) is 3. The predicted octanol–water partition coefficient (Wildman–Crippen LogP) is 4.58. The maximum absolute atomic E-state index is 12.0. The summed E-state index contributed by atoms with van der Waals surface area (Å²) in [4.78, 5) is 23.2. The van der Waals surface area contributed by atoms with Gasteiger partial charge in [-0.15, -0.1) is 0 Å². The third-order valence-corrected chi connectivity index (χ3v) is 4.08. The Balaban J connectivity index is 1.69. The van der Waals surface area contributed by atoms with Gasteiger partial charge in [-0.25, -0.2) is 0 Å². The fourth-order valence-electron chi connectivity index (χ4n) is 2.36. The number of nitrogens with one attached hydrogen (secondary N) is 1. The third kappa shape index (κ3) is 6.24. The van der Waals surface area contributed by atoms with E-state index in [0.29, 0.717) is 35.8 Å². The largest absolute Gasteiger partial charge is 0.494 e. The molecule has 2 aromatic rings. The van der Waals surface area contributed by atoms with Gasteiger partial charge in [0.05, 0.1) is 12.6 Å². The number of Topliss-reactive ketones (excluding diaryl/α,β-unsaturated/α-hetero) is 1. The molecule has 5 heteroatoms. The first-order chi connectivity index (χ1) is 12.0. The molecule has 0 aliphatic heterocycles. The molecule has 0 heterocycles. The Morgan fingerprint density at radius 3 is 2.32 bits per heavy atom. The van der Waals surface area contributed by atoms with E-state index >= 15 is 0 Å². The molecule has 1 N–H and O–H groups in total. The lowest BCUT2D eigenvalue weighted by Gasteiger charge is -2.14. The van der Waals surface area contributed by atoms with Gasteiger partial charge in [-0.05, 0) is 62.2 Å². The lowest BCUT2D eigenvalue weighted by atomic mass is 10.1. The summed E-state index contributed by atoms with van der Waals surface area (Å²) in [5.41, 5.74) is 1.67.